The van der Waals surface area contributed by atoms with Crippen molar-refractivity contribution in [3.8, 4) is 0 Å². The van der Waals surface area contributed by atoms with Crippen molar-refractivity contribution >= 4 is 32.3 Å². The normalized spacial score (nSPS) is 11.5. The van der Waals surface area contributed by atoms with Crippen molar-refractivity contribution in [2.24, 2.45) is 0 Å². The number of hydrogen-bond donors (Lipinski definition) is 0. The number of aryl methyl sites for hydroxylation is 2. The molecule has 0 aliphatic heterocycles. The van der Waals surface area contributed by atoms with Gasteiger partial charge in [-0.15, -0.1) is 10.2 Å². The Morgan fingerprint density at radius 1 is 1.05 bits per heavy atom. The molecule has 7 heteroatoms. The predicted molar refractivity (Wildman–Crippen MR) is 69.9 cm³/mol. The maximum Gasteiger partial charge on any atom is 0.235 e. The van der Waals surface area contributed by atoms with Crippen molar-refractivity contribution < 1.29 is 33.4 Å². The Kier molecular flexibility index (Phi) is 4.77. The van der Waals surface area contributed by atoms with E-state index in [1.807, 2.05) is 11.3 Å². The van der Waals surface area contributed by atoms with Crippen LogP contribution in [-0.4, -0.2) is 0 Å². The van der Waals surface area contributed by atoms with Crippen LogP contribution in [0.4, 0.5) is 0 Å². The van der Waals surface area contributed by atoms with Crippen LogP contribution in [0.5, 0.6) is 0 Å². The number of benzene rings is 2. The van der Waals surface area contributed by atoms with Gasteiger partial charge in [-0.25, -0.2) is 18.6 Å². The highest BCUT2D eigenvalue weighted by Gasteiger charge is 2.17. The predicted octanol–water partition coefficient (Wildman–Crippen LogP) is -1.09. The summed E-state index contributed by atoms with van der Waals surface area (Å²) in [7, 11) is -4.94. The van der Waals surface area contributed by atoms with Gasteiger partial charge >= 0.3 is 0 Å². The molecule has 0 amide bonds. The highest BCUT2D eigenvalue weighted by atomic mass is 35.7. The Morgan fingerprint density at radius 3 is 2.29 bits per heavy atom. The van der Waals surface area contributed by atoms with E-state index in [4.69, 9.17) is 18.6 Å². The number of rotatable bonds is 1. The third-order valence-corrected chi connectivity index (χ3v) is 4.15. The van der Waals surface area contributed by atoms with Crippen LogP contribution in [0.1, 0.15) is 11.9 Å². The van der Waals surface area contributed by atoms with E-state index in [1.54, 1.807) is 0 Å². The summed E-state index contributed by atoms with van der Waals surface area (Å²) >= 11 is 1.88. The second-order valence-corrected chi connectivity index (χ2v) is 6.37. The Labute approximate surface area is 128 Å². The molecule has 3 aromatic rings. The van der Waals surface area contributed by atoms with Crippen molar-refractivity contribution in [1.82, 2.24) is 0 Å². The highest BCUT2D eigenvalue weighted by Crippen LogP contribution is 2.27. The molecule has 1 aromatic heterocycles. The maximum absolute atomic E-state index is 8.49. The van der Waals surface area contributed by atoms with Crippen LogP contribution in [0, 0.1) is 17.2 Å². The zero-order chi connectivity index (χ0) is 15.6. The van der Waals surface area contributed by atoms with Crippen LogP contribution in [0.3, 0.4) is 0 Å². The van der Waals surface area contributed by atoms with Crippen molar-refractivity contribution in [3.63, 3.8) is 0 Å². The van der Waals surface area contributed by atoms with E-state index in [0.717, 1.165) is 6.54 Å². The first-order chi connectivity index (χ1) is 9.81. The molecule has 5 nitrogen and oxygen atoms in total. The fourth-order valence-electron chi connectivity index (χ4n) is 2.35. The summed E-state index contributed by atoms with van der Waals surface area (Å²) < 4.78 is 37.8. The fraction of sp³-hybridized carbons (Fsp3) is 0.214. The first kappa shape index (κ1) is 16.1. The average molecular weight is 328 g/mol. The largest absolute Gasteiger partial charge is 0.235 e. The van der Waals surface area contributed by atoms with Gasteiger partial charge in [-0.2, -0.15) is 4.57 Å². The fourth-order valence-corrected chi connectivity index (χ4v) is 3.45. The van der Waals surface area contributed by atoms with E-state index >= 15 is 0 Å². The van der Waals surface area contributed by atoms with E-state index in [0.29, 0.717) is 0 Å². The SMILES string of the molecule is CC[n+]1c(C)sc2ccc3ccccc3c21.[O-][Cl+3]([O-])([O-])[O-]. The smallest absolute Gasteiger partial charge is 0.222 e. The summed E-state index contributed by atoms with van der Waals surface area (Å²) in [6, 6.07) is 13.1. The number of aromatic nitrogens is 1. The Morgan fingerprint density at radius 2 is 1.67 bits per heavy atom. The number of fused-ring (bicyclic) bond motifs is 3. The lowest BCUT2D eigenvalue weighted by atomic mass is 10.1. The molecule has 0 aliphatic carbocycles. The topological polar surface area (TPSA) is 96.1 Å². The lowest BCUT2D eigenvalue weighted by Crippen LogP contribution is -2.68. The Hall–Kier alpha value is -1.28. The van der Waals surface area contributed by atoms with Gasteiger partial charge in [0, 0.05) is 6.92 Å². The quantitative estimate of drug-likeness (QED) is 0.531. The molecule has 2 aromatic carbocycles. The molecule has 0 atom stereocenters. The monoisotopic (exact) mass is 327 g/mol. The van der Waals surface area contributed by atoms with Gasteiger partial charge in [0.05, 0.1) is 5.39 Å². The number of nitrogens with zero attached hydrogens (tertiary/aromatic N) is 1. The van der Waals surface area contributed by atoms with E-state index in [1.165, 1.54) is 26.0 Å². The summed E-state index contributed by atoms with van der Waals surface area (Å²) in [5, 5.41) is 4.08. The first-order valence-electron chi connectivity index (χ1n) is 6.23. The van der Waals surface area contributed by atoms with Crippen LogP contribution < -0.4 is 23.2 Å². The van der Waals surface area contributed by atoms with Crippen molar-refractivity contribution in [1.29, 1.82) is 0 Å². The van der Waals surface area contributed by atoms with Gasteiger partial charge in [-0.05, 0) is 24.4 Å². The molecule has 0 bridgehead atoms. The molecular weight excluding hydrogens is 314 g/mol. The lowest BCUT2D eigenvalue weighted by molar-refractivity contribution is -2.00. The molecule has 0 saturated heterocycles. The van der Waals surface area contributed by atoms with E-state index in [-0.39, 0.29) is 0 Å². The van der Waals surface area contributed by atoms with Crippen LogP contribution in [0.2, 0.25) is 0 Å². The van der Waals surface area contributed by atoms with E-state index < -0.39 is 10.2 Å². The molecule has 21 heavy (non-hydrogen) atoms. The maximum atomic E-state index is 8.49. The number of thiazole rings is 1. The standard InChI is InChI=1S/C14H14NS.ClHO4/c1-3-15-10(2)16-13-9-8-11-6-4-5-7-12(11)14(13)15;2-1(3,4)5/h4-9H,3H2,1-2H3;(H,2,3,4,5)/q+1;/p-1. The Bertz CT molecular complexity index is 761. The second-order valence-electron chi connectivity index (χ2n) is 4.38. The second kappa shape index (κ2) is 6.23. The zero-order valence-corrected chi connectivity index (χ0v) is 13.1. The summed E-state index contributed by atoms with van der Waals surface area (Å²) in [5.74, 6) is 0. The van der Waals surface area contributed by atoms with Crippen molar-refractivity contribution in [2.75, 3.05) is 0 Å². The molecule has 0 radical (unpaired) electrons. The van der Waals surface area contributed by atoms with Gasteiger partial charge in [-0.1, -0.05) is 35.6 Å². The third kappa shape index (κ3) is 3.88. The molecule has 3 rings (SSSR count). The molecule has 0 spiro atoms. The van der Waals surface area contributed by atoms with Gasteiger partial charge in [0.15, 0.2) is 0 Å². The minimum absolute atomic E-state index is 1.04. The highest BCUT2D eigenvalue weighted by molar-refractivity contribution is 7.18. The summed E-state index contributed by atoms with van der Waals surface area (Å²) in [6.45, 7) is 5.45. The van der Waals surface area contributed by atoms with Gasteiger partial charge in [0.1, 0.15) is 11.2 Å². The molecule has 0 N–H and O–H groups in total. The van der Waals surface area contributed by atoms with Gasteiger partial charge in [0.2, 0.25) is 10.5 Å². The minimum Gasteiger partial charge on any atom is -0.222 e. The number of hydrogen-bond acceptors (Lipinski definition) is 5. The molecule has 0 aliphatic rings. The van der Waals surface area contributed by atoms with Crippen molar-refractivity contribution in [2.45, 2.75) is 20.4 Å². The number of halogens is 1. The molecule has 0 unspecified atom stereocenters. The van der Waals surface area contributed by atoms with Crippen LogP contribution in [0.25, 0.3) is 21.0 Å². The van der Waals surface area contributed by atoms with Crippen molar-refractivity contribution in [3.05, 3.63) is 41.4 Å². The zero-order valence-electron chi connectivity index (χ0n) is 11.5. The van der Waals surface area contributed by atoms with Crippen LogP contribution in [0.15, 0.2) is 36.4 Å². The summed E-state index contributed by atoms with van der Waals surface area (Å²) in [6.07, 6.45) is 0. The molecule has 0 saturated carbocycles. The third-order valence-electron chi connectivity index (χ3n) is 3.09. The Balaban J connectivity index is 0.000000282. The van der Waals surface area contributed by atoms with Crippen LogP contribution in [-0.2, 0) is 6.54 Å². The van der Waals surface area contributed by atoms with Gasteiger partial charge in [0.25, 0.3) is 0 Å². The average Bonchev–Trinajstić information content (AvgIpc) is 2.72. The molecule has 1 heterocycles. The lowest BCUT2D eigenvalue weighted by Gasteiger charge is -2.17. The molecule has 0 fully saturated rings. The first-order valence-corrected chi connectivity index (χ1v) is 8.28. The van der Waals surface area contributed by atoms with E-state index in [9.17, 15) is 0 Å². The minimum atomic E-state index is -4.94. The molecule has 112 valence electrons. The summed E-state index contributed by atoms with van der Waals surface area (Å²) in [5.41, 5.74) is 1.39. The van der Waals surface area contributed by atoms with Gasteiger partial charge < -0.3 is 0 Å². The van der Waals surface area contributed by atoms with Crippen LogP contribution >= 0.6 is 11.3 Å². The van der Waals surface area contributed by atoms with Gasteiger partial charge in [-0.3, -0.25) is 0 Å². The van der Waals surface area contributed by atoms with E-state index in [2.05, 4.69) is 54.8 Å². The summed E-state index contributed by atoms with van der Waals surface area (Å²) in [4.78, 5) is 0. The molecular formula is C14H14ClNO4S.